The second kappa shape index (κ2) is 3.71. The highest BCUT2D eigenvalue weighted by molar-refractivity contribution is 5.79. The second-order valence-corrected chi connectivity index (χ2v) is 2.98. The highest BCUT2D eigenvalue weighted by Crippen LogP contribution is 2.29. The molecule has 0 saturated carbocycles. The molecular weight excluding hydrogens is 192 g/mol. The van der Waals surface area contributed by atoms with Crippen LogP contribution in [0.1, 0.15) is 12.5 Å². The quantitative estimate of drug-likeness (QED) is 0.761. The van der Waals surface area contributed by atoms with E-state index in [2.05, 4.69) is 0 Å². The van der Waals surface area contributed by atoms with Crippen LogP contribution in [0, 0.1) is 0 Å². The summed E-state index contributed by atoms with van der Waals surface area (Å²) in [6.45, 7) is 0.949. The van der Waals surface area contributed by atoms with E-state index in [1.54, 1.807) is 6.07 Å². The molecule has 0 fully saturated rings. The zero-order chi connectivity index (χ0) is 10.8. The Bertz CT molecular complexity index is 329. The first-order valence-corrected chi connectivity index (χ1v) is 3.90. The van der Waals surface area contributed by atoms with E-state index < -0.39 is 16.9 Å². The number of carboxylic acids is 1. The second-order valence-electron chi connectivity index (χ2n) is 2.98. The number of carbonyl (C=O) groups is 1. The van der Waals surface area contributed by atoms with Crippen molar-refractivity contribution in [2.24, 2.45) is 0 Å². The molecule has 1 N–H and O–H groups in total. The Hall–Kier alpha value is -1.49. The number of rotatable bonds is 3. The van der Waals surface area contributed by atoms with Gasteiger partial charge in [0.15, 0.2) is 0 Å². The van der Waals surface area contributed by atoms with Crippen molar-refractivity contribution < 1.29 is 18.9 Å². The standard InChI is InChI=1S/C9H9F2NO2/c1-9(8(13)14,12(10)11)7-5-3-2-4-6-7/h2-6H,1H3,(H,13,14). The van der Waals surface area contributed by atoms with Crippen LogP contribution < -0.4 is 0 Å². The summed E-state index contributed by atoms with van der Waals surface area (Å²) in [5.74, 6) is -1.59. The Labute approximate surface area is 79.4 Å². The zero-order valence-electron chi connectivity index (χ0n) is 7.45. The van der Waals surface area contributed by atoms with E-state index in [-0.39, 0.29) is 5.56 Å². The van der Waals surface area contributed by atoms with Crippen LogP contribution in [0.15, 0.2) is 30.3 Å². The third-order valence-corrected chi connectivity index (χ3v) is 2.09. The van der Waals surface area contributed by atoms with Crippen LogP contribution in [0.4, 0.5) is 8.96 Å². The fraction of sp³-hybridized carbons (Fsp3) is 0.222. The van der Waals surface area contributed by atoms with Gasteiger partial charge in [-0.1, -0.05) is 39.3 Å². The summed E-state index contributed by atoms with van der Waals surface area (Å²) in [5.41, 5.74) is -2.25. The van der Waals surface area contributed by atoms with Gasteiger partial charge in [-0.05, 0) is 12.5 Å². The molecule has 0 aliphatic carbocycles. The van der Waals surface area contributed by atoms with Crippen LogP contribution in [0.25, 0.3) is 0 Å². The lowest BCUT2D eigenvalue weighted by atomic mass is 9.93. The van der Waals surface area contributed by atoms with Gasteiger partial charge in [0.1, 0.15) is 0 Å². The van der Waals surface area contributed by atoms with E-state index in [4.69, 9.17) is 5.11 Å². The van der Waals surface area contributed by atoms with E-state index in [1.807, 2.05) is 0 Å². The Morgan fingerprint density at radius 2 is 1.86 bits per heavy atom. The third kappa shape index (κ3) is 1.58. The van der Waals surface area contributed by atoms with Gasteiger partial charge in [0.25, 0.3) is 0 Å². The molecule has 5 heteroatoms. The fourth-order valence-electron chi connectivity index (χ4n) is 1.06. The summed E-state index contributed by atoms with van der Waals surface area (Å²) in [7, 11) is 0. The van der Waals surface area contributed by atoms with Gasteiger partial charge in [0.2, 0.25) is 5.54 Å². The van der Waals surface area contributed by atoms with E-state index >= 15 is 0 Å². The van der Waals surface area contributed by atoms with Crippen molar-refractivity contribution in [3.8, 4) is 0 Å². The largest absolute Gasteiger partial charge is 0.479 e. The van der Waals surface area contributed by atoms with Crippen LogP contribution in [0.2, 0.25) is 0 Å². The highest BCUT2D eigenvalue weighted by atomic mass is 19.4. The molecule has 1 atom stereocenters. The van der Waals surface area contributed by atoms with Gasteiger partial charge >= 0.3 is 5.97 Å². The minimum Gasteiger partial charge on any atom is -0.479 e. The molecule has 3 nitrogen and oxygen atoms in total. The van der Waals surface area contributed by atoms with Gasteiger partial charge < -0.3 is 5.11 Å². The Morgan fingerprint density at radius 3 is 2.21 bits per heavy atom. The monoisotopic (exact) mass is 201 g/mol. The molecule has 1 aromatic carbocycles. The molecule has 0 bridgehead atoms. The molecule has 1 rings (SSSR count). The maximum Gasteiger partial charge on any atom is 0.334 e. The van der Waals surface area contributed by atoms with Gasteiger partial charge in [-0.2, -0.15) is 0 Å². The number of carboxylic acid groups (broad SMARTS) is 1. The number of halogens is 2. The lowest BCUT2D eigenvalue weighted by molar-refractivity contribution is -0.236. The van der Waals surface area contributed by atoms with Crippen LogP contribution >= 0.6 is 0 Å². The molecule has 0 saturated heterocycles. The number of nitrogens with zero attached hydrogens (tertiary/aromatic N) is 1. The summed E-state index contributed by atoms with van der Waals surface area (Å²) in [5, 5.41) is 7.43. The van der Waals surface area contributed by atoms with E-state index in [9.17, 15) is 13.8 Å². The van der Waals surface area contributed by atoms with Gasteiger partial charge in [0.05, 0.1) is 0 Å². The predicted octanol–water partition coefficient (Wildman–Crippen LogP) is 2.06. The van der Waals surface area contributed by atoms with Crippen molar-refractivity contribution >= 4 is 5.97 Å². The molecule has 76 valence electrons. The Balaban J connectivity index is 3.20. The normalized spacial score (nSPS) is 15.1. The number of benzene rings is 1. The molecule has 1 aromatic rings. The van der Waals surface area contributed by atoms with Crippen molar-refractivity contribution in [2.45, 2.75) is 12.5 Å². The number of hydrogen-bond donors (Lipinski definition) is 1. The first kappa shape index (κ1) is 10.6. The van der Waals surface area contributed by atoms with E-state index in [1.165, 1.54) is 24.3 Å². The zero-order valence-corrected chi connectivity index (χ0v) is 7.45. The number of aliphatic carboxylic acids is 1. The molecule has 14 heavy (non-hydrogen) atoms. The summed E-state index contributed by atoms with van der Waals surface area (Å²) in [6.07, 6.45) is 0. The molecule has 0 radical (unpaired) electrons. The number of hydrogen-bond acceptors (Lipinski definition) is 2. The van der Waals surface area contributed by atoms with Crippen molar-refractivity contribution in [2.75, 3.05) is 0 Å². The van der Waals surface area contributed by atoms with Crippen molar-refractivity contribution in [3.63, 3.8) is 0 Å². The summed E-state index contributed by atoms with van der Waals surface area (Å²) in [4.78, 5) is 10.7. The minimum atomic E-state index is -2.29. The average Bonchev–Trinajstić information content (AvgIpc) is 2.17. The van der Waals surface area contributed by atoms with Crippen LogP contribution in [0.5, 0.6) is 0 Å². The molecule has 0 aromatic heterocycles. The lowest BCUT2D eigenvalue weighted by Crippen LogP contribution is -2.41. The third-order valence-electron chi connectivity index (χ3n) is 2.09. The van der Waals surface area contributed by atoms with Crippen LogP contribution in [0.3, 0.4) is 0 Å². The van der Waals surface area contributed by atoms with Crippen LogP contribution in [-0.2, 0) is 10.3 Å². The molecule has 0 spiro atoms. The van der Waals surface area contributed by atoms with E-state index in [0.29, 0.717) is 0 Å². The highest BCUT2D eigenvalue weighted by Gasteiger charge is 2.43. The Kier molecular flexibility index (Phi) is 2.81. The van der Waals surface area contributed by atoms with Crippen molar-refractivity contribution in [3.05, 3.63) is 35.9 Å². The first-order valence-electron chi connectivity index (χ1n) is 3.90. The van der Waals surface area contributed by atoms with Gasteiger partial charge in [-0.15, -0.1) is 0 Å². The van der Waals surface area contributed by atoms with Crippen molar-refractivity contribution in [1.29, 1.82) is 0 Å². The fourth-order valence-corrected chi connectivity index (χ4v) is 1.06. The molecular formula is C9H9F2NO2. The van der Waals surface area contributed by atoms with E-state index in [0.717, 1.165) is 6.92 Å². The molecule has 0 aliphatic heterocycles. The average molecular weight is 201 g/mol. The topological polar surface area (TPSA) is 40.5 Å². The molecule has 1 unspecified atom stereocenters. The minimum absolute atomic E-state index is 0.0394. The molecule has 0 heterocycles. The smallest absolute Gasteiger partial charge is 0.334 e. The predicted molar refractivity (Wildman–Crippen MR) is 45.5 cm³/mol. The lowest BCUT2D eigenvalue weighted by Gasteiger charge is -2.24. The SMILES string of the molecule is CC(C(=O)O)(c1ccccc1)N(F)F. The maximum absolute atomic E-state index is 12.5. The molecule has 0 aliphatic rings. The van der Waals surface area contributed by atoms with Gasteiger partial charge in [-0.25, -0.2) is 4.79 Å². The summed E-state index contributed by atoms with van der Waals surface area (Å²) in [6, 6.07) is 7.35. The van der Waals surface area contributed by atoms with Gasteiger partial charge in [-0.3, -0.25) is 0 Å². The molecule has 0 amide bonds. The maximum atomic E-state index is 12.5. The van der Waals surface area contributed by atoms with Crippen molar-refractivity contribution in [1.82, 2.24) is 5.34 Å². The van der Waals surface area contributed by atoms with Crippen LogP contribution in [-0.4, -0.2) is 16.4 Å². The summed E-state index contributed by atoms with van der Waals surface area (Å²) >= 11 is 0. The van der Waals surface area contributed by atoms with Gasteiger partial charge in [0, 0.05) is 5.34 Å². The Morgan fingerprint density at radius 1 is 1.36 bits per heavy atom. The summed E-state index contributed by atoms with van der Waals surface area (Å²) < 4.78 is 24.9. The first-order chi connectivity index (χ1) is 6.49.